The van der Waals surface area contributed by atoms with Gasteiger partial charge in [-0.2, -0.15) is 0 Å². The highest BCUT2D eigenvalue weighted by Crippen LogP contribution is 2.40. The molecule has 2 unspecified atom stereocenters. The van der Waals surface area contributed by atoms with E-state index in [0.29, 0.717) is 25.8 Å². The van der Waals surface area contributed by atoms with E-state index in [-0.39, 0.29) is 24.6 Å². The summed E-state index contributed by atoms with van der Waals surface area (Å²) in [5.74, 6) is -0.926. The number of amides is 1. The third-order valence-electron chi connectivity index (χ3n) is 4.11. The zero-order chi connectivity index (χ0) is 13.2. The van der Waals surface area contributed by atoms with Crippen LogP contribution in [0.4, 0.5) is 0 Å². The summed E-state index contributed by atoms with van der Waals surface area (Å²) in [6.07, 6.45) is 2.94. The Morgan fingerprint density at radius 1 is 1.50 bits per heavy atom. The van der Waals surface area contributed by atoms with Crippen molar-refractivity contribution in [2.24, 2.45) is 5.41 Å². The Balaban J connectivity index is 1.80. The Kier molecular flexibility index (Phi) is 3.87. The van der Waals surface area contributed by atoms with Gasteiger partial charge >= 0.3 is 5.97 Å². The van der Waals surface area contributed by atoms with Gasteiger partial charge in [-0.25, -0.2) is 0 Å². The van der Waals surface area contributed by atoms with Gasteiger partial charge in [-0.3, -0.25) is 9.59 Å². The van der Waals surface area contributed by atoms with E-state index in [1.165, 1.54) is 0 Å². The minimum Gasteiger partial charge on any atom is -0.481 e. The highest BCUT2D eigenvalue weighted by atomic mass is 16.5. The van der Waals surface area contributed by atoms with Crippen LogP contribution in [0.5, 0.6) is 0 Å². The molecule has 18 heavy (non-hydrogen) atoms. The first-order valence-corrected chi connectivity index (χ1v) is 6.35. The van der Waals surface area contributed by atoms with Crippen LogP contribution in [0.15, 0.2) is 0 Å². The van der Waals surface area contributed by atoms with Crippen LogP contribution in [0.3, 0.4) is 0 Å². The maximum absolute atomic E-state index is 11.9. The van der Waals surface area contributed by atoms with Gasteiger partial charge in [0.1, 0.15) is 0 Å². The lowest BCUT2D eigenvalue weighted by Gasteiger charge is -2.37. The van der Waals surface area contributed by atoms with Gasteiger partial charge in [0.2, 0.25) is 5.91 Å². The first kappa shape index (κ1) is 13.3. The van der Waals surface area contributed by atoms with E-state index in [1.807, 2.05) is 0 Å². The number of hydrogen-bond donors (Lipinski definition) is 3. The Hall–Kier alpha value is -1.14. The number of carbonyl (C=O) groups is 2. The molecule has 0 bridgehead atoms. The molecule has 1 aliphatic carbocycles. The molecule has 1 saturated heterocycles. The Bertz CT molecular complexity index is 341. The van der Waals surface area contributed by atoms with E-state index >= 15 is 0 Å². The molecule has 0 aromatic carbocycles. The third kappa shape index (κ3) is 2.49. The first-order chi connectivity index (χ1) is 8.57. The molecule has 0 radical (unpaired) electrons. The second-order valence-corrected chi connectivity index (χ2v) is 5.21. The number of methoxy groups -OCH3 is 1. The van der Waals surface area contributed by atoms with Gasteiger partial charge in [0.25, 0.3) is 0 Å². The number of hydrogen-bond acceptors (Lipinski definition) is 4. The zero-order valence-electron chi connectivity index (χ0n) is 10.6. The van der Waals surface area contributed by atoms with E-state index in [2.05, 4.69) is 10.6 Å². The molecule has 2 rings (SSSR count). The van der Waals surface area contributed by atoms with Gasteiger partial charge in [-0.15, -0.1) is 0 Å². The maximum atomic E-state index is 11.9. The van der Waals surface area contributed by atoms with E-state index in [0.717, 1.165) is 6.42 Å². The first-order valence-electron chi connectivity index (χ1n) is 6.35. The molecule has 1 heterocycles. The number of carbonyl (C=O) groups excluding carboxylic acids is 1. The molecule has 2 fully saturated rings. The molecule has 2 aliphatic rings. The molecule has 3 N–H and O–H groups in total. The van der Waals surface area contributed by atoms with Crippen LogP contribution in [0.25, 0.3) is 0 Å². The number of carboxylic acids is 1. The maximum Gasteiger partial charge on any atom is 0.311 e. The van der Waals surface area contributed by atoms with E-state index in [1.54, 1.807) is 7.11 Å². The number of rotatable bonds is 5. The van der Waals surface area contributed by atoms with Crippen LogP contribution in [0.2, 0.25) is 0 Å². The van der Waals surface area contributed by atoms with Gasteiger partial charge in [-0.1, -0.05) is 6.42 Å². The Morgan fingerprint density at radius 3 is 2.67 bits per heavy atom. The fourth-order valence-corrected chi connectivity index (χ4v) is 2.53. The van der Waals surface area contributed by atoms with Gasteiger partial charge in [0.15, 0.2) is 0 Å². The van der Waals surface area contributed by atoms with Gasteiger partial charge in [0.05, 0.1) is 17.6 Å². The largest absolute Gasteiger partial charge is 0.481 e. The van der Waals surface area contributed by atoms with Crippen molar-refractivity contribution >= 4 is 11.9 Å². The third-order valence-corrected chi connectivity index (χ3v) is 4.11. The monoisotopic (exact) mass is 256 g/mol. The summed E-state index contributed by atoms with van der Waals surface area (Å²) in [4.78, 5) is 23.0. The van der Waals surface area contributed by atoms with Crippen molar-refractivity contribution < 1.29 is 19.4 Å². The molecule has 2 atom stereocenters. The molecule has 1 amide bonds. The zero-order valence-corrected chi connectivity index (χ0v) is 10.6. The van der Waals surface area contributed by atoms with E-state index in [9.17, 15) is 9.59 Å². The average Bonchev–Trinajstić information content (AvgIpc) is 2.75. The van der Waals surface area contributed by atoms with Crippen LogP contribution in [-0.2, 0) is 14.3 Å². The highest BCUT2D eigenvalue weighted by molar-refractivity contribution is 5.83. The second-order valence-electron chi connectivity index (χ2n) is 5.21. The lowest BCUT2D eigenvalue weighted by atomic mass is 9.69. The Labute approximate surface area is 106 Å². The lowest BCUT2D eigenvalue weighted by molar-refractivity contribution is -0.154. The number of aliphatic carboxylic acids is 1. The van der Waals surface area contributed by atoms with Crippen LogP contribution >= 0.6 is 0 Å². The van der Waals surface area contributed by atoms with Crippen LogP contribution < -0.4 is 10.6 Å². The predicted molar refractivity (Wildman–Crippen MR) is 64.1 cm³/mol. The summed E-state index contributed by atoms with van der Waals surface area (Å²) in [6, 6.07) is -0.263. The molecule has 6 nitrogen and oxygen atoms in total. The topological polar surface area (TPSA) is 87.7 Å². The summed E-state index contributed by atoms with van der Waals surface area (Å²) in [6.45, 7) is 0.898. The molecule has 0 spiro atoms. The minimum absolute atomic E-state index is 0.0675. The SMILES string of the molecule is COC1CNC(C(=O)NCC2(C(=O)O)CCC2)C1. The fraction of sp³-hybridized carbons (Fsp3) is 0.833. The van der Waals surface area contributed by atoms with Crippen molar-refractivity contribution in [3.63, 3.8) is 0 Å². The fourth-order valence-electron chi connectivity index (χ4n) is 2.53. The number of carboxylic acid groups (broad SMARTS) is 1. The number of ether oxygens (including phenoxy) is 1. The predicted octanol–water partition coefficient (Wildman–Crippen LogP) is -0.266. The summed E-state index contributed by atoms with van der Waals surface area (Å²) < 4.78 is 5.17. The van der Waals surface area contributed by atoms with E-state index in [4.69, 9.17) is 9.84 Å². The van der Waals surface area contributed by atoms with Crippen molar-refractivity contribution in [3.8, 4) is 0 Å². The molecule has 102 valence electrons. The summed E-state index contributed by atoms with van der Waals surface area (Å²) >= 11 is 0. The molecular formula is C12H20N2O4. The second kappa shape index (κ2) is 5.24. The molecule has 1 saturated carbocycles. The van der Waals surface area contributed by atoms with Crippen molar-refractivity contribution in [1.29, 1.82) is 0 Å². The summed E-state index contributed by atoms with van der Waals surface area (Å²) in [5, 5.41) is 15.0. The summed E-state index contributed by atoms with van der Waals surface area (Å²) in [5.41, 5.74) is -0.727. The van der Waals surface area contributed by atoms with Crippen LogP contribution in [0, 0.1) is 5.41 Å². The van der Waals surface area contributed by atoms with Crippen molar-refractivity contribution in [2.45, 2.75) is 37.8 Å². The minimum atomic E-state index is -0.803. The summed E-state index contributed by atoms with van der Waals surface area (Å²) in [7, 11) is 1.63. The van der Waals surface area contributed by atoms with E-state index < -0.39 is 11.4 Å². The molecule has 0 aromatic rings. The van der Waals surface area contributed by atoms with Crippen molar-refractivity contribution in [1.82, 2.24) is 10.6 Å². The van der Waals surface area contributed by atoms with Crippen molar-refractivity contribution in [2.75, 3.05) is 20.2 Å². The van der Waals surface area contributed by atoms with Crippen LogP contribution in [0.1, 0.15) is 25.7 Å². The molecular weight excluding hydrogens is 236 g/mol. The van der Waals surface area contributed by atoms with Gasteiger partial charge in [-0.05, 0) is 19.3 Å². The lowest BCUT2D eigenvalue weighted by Crippen LogP contribution is -2.50. The average molecular weight is 256 g/mol. The normalized spacial score (nSPS) is 29.6. The van der Waals surface area contributed by atoms with Gasteiger partial charge in [0, 0.05) is 20.2 Å². The molecule has 0 aromatic heterocycles. The van der Waals surface area contributed by atoms with Crippen LogP contribution in [-0.4, -0.2) is 49.3 Å². The smallest absolute Gasteiger partial charge is 0.311 e. The standard InChI is InChI=1S/C12H20N2O4/c1-18-8-5-9(13-6-8)10(15)14-7-12(11(16)17)3-2-4-12/h8-9,13H,2-7H2,1H3,(H,14,15)(H,16,17). The number of nitrogens with one attached hydrogen (secondary N) is 2. The molecule has 6 heteroatoms. The van der Waals surface area contributed by atoms with Crippen molar-refractivity contribution in [3.05, 3.63) is 0 Å². The highest BCUT2D eigenvalue weighted by Gasteiger charge is 2.45. The quantitative estimate of drug-likeness (QED) is 0.630. The Morgan fingerprint density at radius 2 is 2.22 bits per heavy atom. The molecule has 1 aliphatic heterocycles. The van der Waals surface area contributed by atoms with Gasteiger partial charge < -0.3 is 20.5 Å².